The van der Waals surface area contributed by atoms with Gasteiger partial charge in [-0.3, -0.25) is 0 Å². The molecule has 0 radical (unpaired) electrons. The molecule has 2 aromatic heterocycles. The predicted molar refractivity (Wildman–Crippen MR) is 63.7 cm³/mol. The zero-order valence-corrected chi connectivity index (χ0v) is 10.5. The van der Waals surface area contributed by atoms with E-state index in [9.17, 15) is 9.90 Å². The lowest BCUT2D eigenvalue weighted by Gasteiger charge is -2.21. The Morgan fingerprint density at radius 1 is 1.47 bits per heavy atom. The van der Waals surface area contributed by atoms with Gasteiger partial charge in [0.05, 0.1) is 11.3 Å². The highest BCUT2D eigenvalue weighted by atomic mass is 35.5. The van der Waals surface area contributed by atoms with E-state index in [4.69, 9.17) is 11.6 Å². The van der Waals surface area contributed by atoms with E-state index in [1.165, 1.54) is 10.7 Å². The Kier molecular flexibility index (Phi) is 2.58. The van der Waals surface area contributed by atoms with E-state index in [0.717, 1.165) is 0 Å². The van der Waals surface area contributed by atoms with Gasteiger partial charge in [0.15, 0.2) is 10.8 Å². The molecular weight excluding hydrogens is 242 g/mol. The van der Waals surface area contributed by atoms with Crippen LogP contribution >= 0.6 is 11.6 Å². The Hall–Kier alpha value is -1.62. The third-order valence-electron chi connectivity index (χ3n) is 2.39. The number of fused-ring (bicyclic) bond motifs is 1. The number of hydrogen-bond acceptors (Lipinski definition) is 3. The number of carboxylic acid groups (broad SMARTS) is 1. The van der Waals surface area contributed by atoms with Crippen LogP contribution in [0.5, 0.6) is 0 Å². The average Bonchev–Trinajstić information content (AvgIpc) is 2.53. The van der Waals surface area contributed by atoms with E-state index < -0.39 is 5.97 Å². The largest absolute Gasteiger partial charge is 0.478 e. The van der Waals surface area contributed by atoms with Crippen molar-refractivity contribution in [1.29, 1.82) is 0 Å². The van der Waals surface area contributed by atoms with Gasteiger partial charge < -0.3 is 5.11 Å². The van der Waals surface area contributed by atoms with E-state index in [-0.39, 0.29) is 11.0 Å². The van der Waals surface area contributed by atoms with Crippen molar-refractivity contribution in [3.05, 3.63) is 28.7 Å². The molecule has 0 saturated carbocycles. The third kappa shape index (κ3) is 1.98. The molecule has 6 heteroatoms. The van der Waals surface area contributed by atoms with Gasteiger partial charge >= 0.3 is 5.97 Å². The number of carboxylic acids is 1. The Bertz CT molecular complexity index is 599. The van der Waals surface area contributed by atoms with Gasteiger partial charge in [0.2, 0.25) is 0 Å². The number of aromatic carboxylic acids is 1. The maximum atomic E-state index is 11.2. The molecule has 0 amide bonds. The van der Waals surface area contributed by atoms with Crippen molar-refractivity contribution in [3.8, 4) is 0 Å². The highest BCUT2D eigenvalue weighted by molar-refractivity contribution is 6.29. The molecule has 17 heavy (non-hydrogen) atoms. The van der Waals surface area contributed by atoms with Gasteiger partial charge in [-0.05, 0) is 0 Å². The van der Waals surface area contributed by atoms with Crippen LogP contribution in [0.1, 0.15) is 36.8 Å². The molecule has 2 heterocycles. The fourth-order valence-electron chi connectivity index (χ4n) is 1.78. The first kappa shape index (κ1) is 11.9. The van der Waals surface area contributed by atoms with E-state index in [1.54, 1.807) is 6.07 Å². The van der Waals surface area contributed by atoms with E-state index in [1.807, 2.05) is 20.8 Å². The van der Waals surface area contributed by atoms with Gasteiger partial charge in [0.25, 0.3) is 0 Å². The molecule has 5 nitrogen and oxygen atoms in total. The second kappa shape index (κ2) is 3.70. The number of halogens is 1. The number of carbonyl (C=O) groups is 1. The molecule has 0 aliphatic carbocycles. The van der Waals surface area contributed by atoms with Crippen LogP contribution in [0.2, 0.25) is 5.15 Å². The average molecular weight is 254 g/mol. The molecule has 90 valence electrons. The first-order valence-electron chi connectivity index (χ1n) is 5.09. The van der Waals surface area contributed by atoms with Gasteiger partial charge in [0.1, 0.15) is 0 Å². The normalized spacial score (nSPS) is 12.0. The highest BCUT2D eigenvalue weighted by Crippen LogP contribution is 2.26. The van der Waals surface area contributed by atoms with Crippen molar-refractivity contribution in [3.63, 3.8) is 0 Å². The van der Waals surface area contributed by atoms with Crippen molar-refractivity contribution >= 4 is 23.2 Å². The molecule has 0 aliphatic heterocycles. The summed E-state index contributed by atoms with van der Waals surface area (Å²) in [6.45, 7) is 5.76. The molecule has 0 aliphatic rings. The van der Waals surface area contributed by atoms with Crippen LogP contribution in [0.15, 0.2) is 12.3 Å². The van der Waals surface area contributed by atoms with Gasteiger partial charge in [-0.2, -0.15) is 5.10 Å². The minimum Gasteiger partial charge on any atom is -0.478 e. The minimum absolute atomic E-state index is 0.143. The quantitative estimate of drug-likeness (QED) is 0.847. The zero-order chi connectivity index (χ0) is 12.8. The van der Waals surface area contributed by atoms with Crippen molar-refractivity contribution < 1.29 is 9.90 Å². The third-order valence-corrected chi connectivity index (χ3v) is 2.58. The molecule has 0 bridgehead atoms. The number of hydrogen-bond donors (Lipinski definition) is 1. The topological polar surface area (TPSA) is 67.5 Å². The summed E-state index contributed by atoms with van der Waals surface area (Å²) in [7, 11) is 0. The Morgan fingerprint density at radius 2 is 2.12 bits per heavy atom. The smallest absolute Gasteiger partial charge is 0.339 e. The van der Waals surface area contributed by atoms with Gasteiger partial charge in [-0.1, -0.05) is 32.4 Å². The lowest BCUT2D eigenvalue weighted by molar-refractivity contribution is 0.0692. The first-order valence-corrected chi connectivity index (χ1v) is 5.46. The summed E-state index contributed by atoms with van der Waals surface area (Å²) in [5, 5.41) is 13.6. The lowest BCUT2D eigenvalue weighted by Crippen LogP contribution is -2.22. The van der Waals surface area contributed by atoms with Crippen LogP contribution in [0.25, 0.3) is 5.65 Å². The molecule has 0 unspecified atom stereocenters. The lowest BCUT2D eigenvalue weighted by atomic mass is 9.89. The van der Waals surface area contributed by atoms with Crippen molar-refractivity contribution in [1.82, 2.24) is 14.6 Å². The summed E-state index contributed by atoms with van der Waals surface area (Å²) in [5.41, 5.74) is 0.904. The van der Waals surface area contributed by atoms with Crippen LogP contribution in [0, 0.1) is 0 Å². The summed E-state index contributed by atoms with van der Waals surface area (Å²) in [5.74, 6) is -1.02. The molecule has 0 atom stereocenters. The molecular formula is C11H12ClN3O2. The van der Waals surface area contributed by atoms with E-state index in [0.29, 0.717) is 16.5 Å². The van der Waals surface area contributed by atoms with Gasteiger partial charge in [-0.25, -0.2) is 14.3 Å². The van der Waals surface area contributed by atoms with Crippen LogP contribution in [-0.2, 0) is 5.41 Å². The zero-order valence-electron chi connectivity index (χ0n) is 9.73. The fraction of sp³-hybridized carbons (Fsp3) is 0.364. The van der Waals surface area contributed by atoms with Crippen molar-refractivity contribution in [2.45, 2.75) is 26.2 Å². The van der Waals surface area contributed by atoms with Gasteiger partial charge in [-0.15, -0.1) is 0 Å². The standard InChI is InChI=1S/C11H12ClN3O2/c1-11(2,3)9-6(10(16)17)5-13-8-4-7(12)14-15(8)9/h4-5H,1-3H3,(H,16,17). The molecule has 1 N–H and O–H groups in total. The van der Waals surface area contributed by atoms with Crippen molar-refractivity contribution in [2.75, 3.05) is 0 Å². The predicted octanol–water partition coefficient (Wildman–Crippen LogP) is 2.38. The molecule has 0 saturated heterocycles. The fourth-order valence-corrected chi connectivity index (χ4v) is 1.96. The van der Waals surface area contributed by atoms with Crippen LogP contribution in [-0.4, -0.2) is 25.7 Å². The second-order valence-corrected chi connectivity index (χ2v) is 5.20. The molecule has 2 aromatic rings. The first-order chi connectivity index (χ1) is 7.80. The Balaban J connectivity index is 2.89. The summed E-state index contributed by atoms with van der Waals surface area (Å²) >= 11 is 5.82. The van der Waals surface area contributed by atoms with Crippen LogP contribution in [0.4, 0.5) is 0 Å². The molecule has 0 fully saturated rings. The maximum Gasteiger partial charge on any atom is 0.339 e. The summed E-state index contributed by atoms with van der Waals surface area (Å²) in [6, 6.07) is 1.60. The van der Waals surface area contributed by atoms with Crippen LogP contribution in [0.3, 0.4) is 0 Å². The molecule has 2 rings (SSSR count). The summed E-state index contributed by atoms with van der Waals surface area (Å²) in [6.07, 6.45) is 1.34. The molecule has 0 spiro atoms. The number of nitrogens with zero attached hydrogens (tertiary/aromatic N) is 3. The number of rotatable bonds is 1. The number of aromatic nitrogens is 3. The van der Waals surface area contributed by atoms with Crippen molar-refractivity contribution in [2.24, 2.45) is 0 Å². The van der Waals surface area contributed by atoms with E-state index in [2.05, 4.69) is 10.1 Å². The van der Waals surface area contributed by atoms with E-state index >= 15 is 0 Å². The SMILES string of the molecule is CC(C)(C)c1c(C(=O)O)cnc2cc(Cl)nn12. The summed E-state index contributed by atoms with van der Waals surface area (Å²) < 4.78 is 1.49. The Morgan fingerprint density at radius 3 is 2.65 bits per heavy atom. The second-order valence-electron chi connectivity index (χ2n) is 4.81. The minimum atomic E-state index is -1.02. The highest BCUT2D eigenvalue weighted by Gasteiger charge is 2.26. The monoisotopic (exact) mass is 253 g/mol. The Labute approximate surface area is 103 Å². The van der Waals surface area contributed by atoms with Crippen LogP contribution < -0.4 is 0 Å². The molecule has 0 aromatic carbocycles. The maximum absolute atomic E-state index is 11.2. The van der Waals surface area contributed by atoms with Gasteiger partial charge in [0, 0.05) is 17.7 Å². The summed E-state index contributed by atoms with van der Waals surface area (Å²) in [4.78, 5) is 15.2.